The lowest BCUT2D eigenvalue weighted by molar-refractivity contribution is -0.157. The lowest BCUT2D eigenvalue weighted by Gasteiger charge is -2.28. The maximum atomic E-state index is 13.7. The number of carbonyl (C=O) groups excluding carboxylic acids is 3. The number of benzene rings is 3. The van der Waals surface area contributed by atoms with E-state index in [1.54, 1.807) is 0 Å². The number of aryl methyl sites for hydroxylation is 2. The third-order valence-electron chi connectivity index (χ3n) is 9.96. The summed E-state index contributed by atoms with van der Waals surface area (Å²) in [6, 6.07) is 24.9. The molecule has 0 bridgehead atoms. The van der Waals surface area contributed by atoms with Crippen molar-refractivity contribution in [1.29, 1.82) is 0 Å². The van der Waals surface area contributed by atoms with Crippen LogP contribution < -0.4 is 16.0 Å². The zero-order valence-electron chi connectivity index (χ0n) is 28.0. The molecule has 6 rings (SSSR count). The van der Waals surface area contributed by atoms with Crippen molar-refractivity contribution in [2.75, 3.05) is 6.54 Å². The van der Waals surface area contributed by atoms with E-state index in [0.717, 1.165) is 57.1 Å². The highest BCUT2D eigenvalue weighted by atomic mass is 16.6. The van der Waals surface area contributed by atoms with Crippen LogP contribution in [0.2, 0.25) is 0 Å². The molecule has 1 heterocycles. The molecule has 2 aliphatic carbocycles. The van der Waals surface area contributed by atoms with Crippen LogP contribution in [0, 0.1) is 5.92 Å². The third-order valence-corrected chi connectivity index (χ3v) is 9.96. The Hall–Kier alpha value is -3.97. The SMILES string of the molecule is CC(C)(C)OC(=O)C[C@@H](Cc1ccc(C2CN[C@H](C(=O)NC3CCCc4ccccc43)C2)cc1)C(=O)NC1CCCc2ccccc21. The minimum Gasteiger partial charge on any atom is -0.460 e. The Bertz CT molecular complexity index is 1580. The van der Waals surface area contributed by atoms with Crippen molar-refractivity contribution in [3.63, 3.8) is 0 Å². The number of nitrogens with one attached hydrogen (secondary N) is 3. The van der Waals surface area contributed by atoms with Crippen molar-refractivity contribution in [3.8, 4) is 0 Å². The fraction of sp³-hybridized carbons (Fsp3) is 0.475. The van der Waals surface area contributed by atoms with Crippen molar-refractivity contribution >= 4 is 17.8 Å². The maximum Gasteiger partial charge on any atom is 0.307 e. The van der Waals surface area contributed by atoms with Crippen molar-refractivity contribution in [2.45, 2.75) is 108 Å². The molecule has 248 valence electrons. The summed E-state index contributed by atoms with van der Waals surface area (Å²) < 4.78 is 5.62. The highest BCUT2D eigenvalue weighted by Gasteiger charge is 2.33. The summed E-state index contributed by atoms with van der Waals surface area (Å²) >= 11 is 0. The normalized spacial score (nSPS) is 22.8. The van der Waals surface area contributed by atoms with Gasteiger partial charge in [0.15, 0.2) is 0 Å². The molecule has 7 heteroatoms. The molecule has 3 aliphatic rings. The number of carbonyl (C=O) groups is 3. The van der Waals surface area contributed by atoms with Crippen LogP contribution in [0.3, 0.4) is 0 Å². The summed E-state index contributed by atoms with van der Waals surface area (Å²) in [4.78, 5) is 39.9. The number of hydrogen-bond acceptors (Lipinski definition) is 5. The lowest BCUT2D eigenvalue weighted by Crippen LogP contribution is -2.42. The molecule has 3 aromatic rings. The van der Waals surface area contributed by atoms with E-state index in [2.05, 4.69) is 76.6 Å². The Balaban J connectivity index is 1.08. The van der Waals surface area contributed by atoms with Gasteiger partial charge >= 0.3 is 5.97 Å². The predicted octanol–water partition coefficient (Wildman–Crippen LogP) is 6.41. The summed E-state index contributed by atoms with van der Waals surface area (Å²) in [6.07, 6.45) is 7.27. The standard InChI is InChI=1S/C40H49N3O4/c1-40(2,3)47-37(44)24-30(38(45)42-34-16-8-12-28-10-4-6-14-32(28)34)22-26-18-20-27(21-19-26)31-23-36(41-25-31)39(46)43-35-17-9-13-29-11-5-7-15-33(29)35/h4-7,10-11,14-15,18-21,30-31,34-36,41H,8-9,12-13,16-17,22-25H2,1-3H3,(H,42,45)(H,43,46)/t30-,31?,34?,35?,36+/m1/s1. The molecule has 3 N–H and O–H groups in total. The monoisotopic (exact) mass is 635 g/mol. The van der Waals surface area contributed by atoms with Crippen LogP contribution in [0.15, 0.2) is 72.8 Å². The molecular weight excluding hydrogens is 586 g/mol. The minimum atomic E-state index is -0.618. The molecule has 7 nitrogen and oxygen atoms in total. The average Bonchev–Trinajstić information content (AvgIpc) is 3.55. The van der Waals surface area contributed by atoms with Crippen LogP contribution in [0.1, 0.15) is 111 Å². The molecule has 0 saturated carbocycles. The number of fused-ring (bicyclic) bond motifs is 2. The minimum absolute atomic E-state index is 0.0219. The highest BCUT2D eigenvalue weighted by molar-refractivity contribution is 5.84. The molecule has 1 saturated heterocycles. The van der Waals surface area contributed by atoms with Crippen molar-refractivity contribution in [1.82, 2.24) is 16.0 Å². The molecule has 1 aliphatic heterocycles. The van der Waals surface area contributed by atoms with Gasteiger partial charge in [0.1, 0.15) is 5.60 Å². The average molecular weight is 636 g/mol. The first-order valence-corrected chi connectivity index (χ1v) is 17.4. The predicted molar refractivity (Wildman–Crippen MR) is 184 cm³/mol. The third kappa shape index (κ3) is 8.31. The number of amides is 2. The number of esters is 1. The molecule has 3 aromatic carbocycles. The smallest absolute Gasteiger partial charge is 0.307 e. The largest absolute Gasteiger partial charge is 0.460 e. The van der Waals surface area contributed by atoms with Gasteiger partial charge < -0.3 is 20.7 Å². The van der Waals surface area contributed by atoms with Crippen molar-refractivity contribution in [2.24, 2.45) is 5.92 Å². The Morgan fingerprint density at radius 1 is 0.830 bits per heavy atom. The molecule has 0 spiro atoms. The highest BCUT2D eigenvalue weighted by Crippen LogP contribution is 2.32. The van der Waals surface area contributed by atoms with Gasteiger partial charge in [-0.2, -0.15) is 0 Å². The van der Waals surface area contributed by atoms with E-state index < -0.39 is 11.5 Å². The number of ether oxygens (including phenoxy) is 1. The Morgan fingerprint density at radius 3 is 2.04 bits per heavy atom. The fourth-order valence-electron chi connectivity index (χ4n) is 7.61. The fourth-order valence-corrected chi connectivity index (χ4v) is 7.61. The van der Waals surface area contributed by atoms with E-state index in [0.29, 0.717) is 6.42 Å². The first-order valence-electron chi connectivity index (χ1n) is 17.4. The lowest BCUT2D eigenvalue weighted by atomic mass is 9.86. The molecule has 0 aromatic heterocycles. The summed E-state index contributed by atoms with van der Waals surface area (Å²) in [7, 11) is 0. The van der Waals surface area contributed by atoms with Crippen LogP contribution in [0.25, 0.3) is 0 Å². The molecule has 3 unspecified atom stereocenters. The van der Waals surface area contributed by atoms with E-state index in [4.69, 9.17) is 4.74 Å². The number of rotatable bonds is 9. The zero-order chi connectivity index (χ0) is 33.0. The quantitative estimate of drug-likeness (QED) is 0.236. The number of hydrogen-bond donors (Lipinski definition) is 3. The van der Waals surface area contributed by atoms with Gasteiger partial charge in [0.2, 0.25) is 11.8 Å². The van der Waals surface area contributed by atoms with Gasteiger partial charge in [-0.25, -0.2) is 0 Å². The molecular formula is C40H49N3O4. The molecule has 2 amide bonds. The summed E-state index contributed by atoms with van der Waals surface area (Å²) in [5.74, 6) is -0.725. The van der Waals surface area contributed by atoms with Gasteiger partial charge in [-0.3, -0.25) is 14.4 Å². The molecule has 5 atom stereocenters. The summed E-state index contributed by atoms with van der Waals surface area (Å²) in [6.45, 7) is 6.28. The first-order chi connectivity index (χ1) is 22.6. The second-order valence-corrected chi connectivity index (χ2v) is 14.6. The van der Waals surface area contributed by atoms with Gasteiger partial charge in [0.25, 0.3) is 0 Å². The second kappa shape index (κ2) is 14.4. The summed E-state index contributed by atoms with van der Waals surface area (Å²) in [5, 5.41) is 10.0. The van der Waals surface area contributed by atoms with Gasteiger partial charge in [-0.1, -0.05) is 72.8 Å². The van der Waals surface area contributed by atoms with E-state index in [1.807, 2.05) is 32.9 Å². The van der Waals surface area contributed by atoms with Gasteiger partial charge in [-0.05, 0) is 111 Å². The Kier molecular flexibility index (Phi) is 10.1. The molecule has 47 heavy (non-hydrogen) atoms. The van der Waals surface area contributed by atoms with E-state index in [9.17, 15) is 14.4 Å². The maximum absolute atomic E-state index is 13.7. The van der Waals surface area contributed by atoms with Crippen molar-refractivity contribution < 1.29 is 19.1 Å². The van der Waals surface area contributed by atoms with Gasteiger partial charge in [0, 0.05) is 6.54 Å². The van der Waals surface area contributed by atoms with Crippen LogP contribution in [-0.2, 0) is 38.4 Å². The Labute approximate surface area is 279 Å². The first kappa shape index (κ1) is 33.0. The topological polar surface area (TPSA) is 96.5 Å². The summed E-state index contributed by atoms with van der Waals surface area (Å²) in [5.41, 5.74) is 6.60. The van der Waals surface area contributed by atoms with Crippen LogP contribution in [0.4, 0.5) is 0 Å². The Morgan fingerprint density at radius 2 is 1.43 bits per heavy atom. The van der Waals surface area contributed by atoms with Gasteiger partial charge in [-0.15, -0.1) is 0 Å². The van der Waals surface area contributed by atoms with Crippen LogP contribution in [-0.4, -0.2) is 36.0 Å². The van der Waals surface area contributed by atoms with Gasteiger partial charge in [0.05, 0.1) is 30.5 Å². The van der Waals surface area contributed by atoms with Crippen molar-refractivity contribution in [3.05, 3.63) is 106 Å². The molecule has 1 fully saturated rings. The van der Waals surface area contributed by atoms with E-state index in [1.165, 1.54) is 27.8 Å². The zero-order valence-corrected chi connectivity index (χ0v) is 28.0. The van der Waals surface area contributed by atoms with Crippen LogP contribution in [0.5, 0.6) is 0 Å². The van der Waals surface area contributed by atoms with E-state index >= 15 is 0 Å². The van der Waals surface area contributed by atoms with Crippen LogP contribution >= 0.6 is 0 Å². The van der Waals surface area contributed by atoms with E-state index in [-0.39, 0.29) is 48.2 Å². The molecule has 0 radical (unpaired) electrons. The second-order valence-electron chi connectivity index (χ2n) is 14.6.